The highest BCUT2D eigenvalue weighted by atomic mass is 14.8. The van der Waals surface area contributed by atoms with Crippen molar-refractivity contribution >= 4 is 10.9 Å². The van der Waals surface area contributed by atoms with Gasteiger partial charge in [0.25, 0.3) is 0 Å². The van der Waals surface area contributed by atoms with Crippen LogP contribution in [0.25, 0.3) is 10.9 Å². The van der Waals surface area contributed by atoms with Gasteiger partial charge in [0.2, 0.25) is 0 Å². The lowest BCUT2D eigenvalue weighted by molar-refractivity contribution is 1.22. The number of rotatable bonds is 0. The molecule has 0 fully saturated rings. The van der Waals surface area contributed by atoms with Gasteiger partial charge < -0.3 is 0 Å². The Morgan fingerprint density at radius 1 is 1.33 bits per heavy atom. The molecule has 12 heavy (non-hydrogen) atoms. The summed E-state index contributed by atoms with van der Waals surface area (Å²) in [4.78, 5) is 7.90. The number of hydrogen-bond donors (Lipinski definition) is 0. The molecule has 3 nitrogen and oxygen atoms in total. The molecule has 0 saturated heterocycles. The summed E-state index contributed by atoms with van der Waals surface area (Å²) in [5, 5.41) is 9.56. The molecule has 0 bridgehead atoms. The van der Waals surface area contributed by atoms with Crippen LogP contribution in [0.5, 0.6) is 0 Å². The first-order valence-corrected chi connectivity index (χ1v) is 3.50. The highest BCUT2D eigenvalue weighted by Gasteiger charge is 1.94. The van der Waals surface area contributed by atoms with Gasteiger partial charge in [-0.3, -0.25) is 0 Å². The second-order valence-corrected chi connectivity index (χ2v) is 2.41. The second kappa shape index (κ2) is 2.59. The lowest BCUT2D eigenvalue weighted by Crippen LogP contribution is -1.81. The van der Waals surface area contributed by atoms with Gasteiger partial charge in [-0.05, 0) is 18.2 Å². The Labute approximate surface area is 69.3 Å². The van der Waals surface area contributed by atoms with Crippen LogP contribution in [0.3, 0.4) is 0 Å². The zero-order valence-corrected chi connectivity index (χ0v) is 6.23. The molecule has 0 unspecified atom stereocenters. The number of hydrogen-bond acceptors (Lipinski definition) is 3. The number of nitrogens with zero attached hydrogens (tertiary/aromatic N) is 3. The van der Waals surface area contributed by atoms with Gasteiger partial charge in [0, 0.05) is 11.6 Å². The van der Waals surface area contributed by atoms with E-state index in [0.29, 0.717) is 5.56 Å². The van der Waals surface area contributed by atoms with Gasteiger partial charge in [-0.2, -0.15) is 5.26 Å². The molecule has 0 spiro atoms. The standard InChI is InChI=1S/C9H5N3/c10-4-7-1-2-8-5-11-6-12-9(8)3-7/h1-3,5-6H. The fourth-order valence-electron chi connectivity index (χ4n) is 1.04. The van der Waals surface area contributed by atoms with Crippen LogP contribution in [0, 0.1) is 11.3 Å². The van der Waals surface area contributed by atoms with Crippen molar-refractivity contribution in [2.45, 2.75) is 0 Å². The Kier molecular flexibility index (Phi) is 1.45. The molecular weight excluding hydrogens is 150 g/mol. The van der Waals surface area contributed by atoms with E-state index in [1.807, 2.05) is 6.07 Å². The maximum Gasteiger partial charge on any atom is 0.116 e. The van der Waals surface area contributed by atoms with Crippen molar-refractivity contribution in [1.82, 2.24) is 9.97 Å². The molecule has 0 aliphatic heterocycles. The molecule has 1 heterocycles. The third-order valence-corrected chi connectivity index (χ3v) is 1.64. The van der Waals surface area contributed by atoms with Crippen molar-refractivity contribution in [2.24, 2.45) is 0 Å². The maximum absolute atomic E-state index is 8.60. The van der Waals surface area contributed by atoms with E-state index in [9.17, 15) is 0 Å². The molecule has 3 heteroatoms. The number of benzene rings is 1. The Hall–Kier alpha value is -1.95. The second-order valence-electron chi connectivity index (χ2n) is 2.41. The normalized spacial score (nSPS) is 9.58. The van der Waals surface area contributed by atoms with Gasteiger partial charge >= 0.3 is 0 Å². The molecular formula is C9H5N3. The fraction of sp³-hybridized carbons (Fsp3) is 0. The van der Waals surface area contributed by atoms with Crippen molar-refractivity contribution in [3.8, 4) is 6.07 Å². The van der Waals surface area contributed by atoms with Gasteiger partial charge in [-0.15, -0.1) is 0 Å². The van der Waals surface area contributed by atoms with Crippen molar-refractivity contribution in [1.29, 1.82) is 5.26 Å². The molecule has 0 radical (unpaired) electrons. The van der Waals surface area contributed by atoms with Crippen molar-refractivity contribution in [3.05, 3.63) is 36.3 Å². The molecule has 0 saturated carbocycles. The van der Waals surface area contributed by atoms with Crippen LogP contribution < -0.4 is 0 Å². The molecule has 0 N–H and O–H groups in total. The van der Waals surface area contributed by atoms with E-state index in [4.69, 9.17) is 5.26 Å². The largest absolute Gasteiger partial charge is 0.244 e. The minimum atomic E-state index is 0.626. The minimum Gasteiger partial charge on any atom is -0.244 e. The summed E-state index contributed by atoms with van der Waals surface area (Å²) in [5.41, 5.74) is 1.44. The fourth-order valence-corrected chi connectivity index (χ4v) is 1.04. The average Bonchev–Trinajstić information content (AvgIpc) is 2.17. The smallest absolute Gasteiger partial charge is 0.116 e. The van der Waals surface area contributed by atoms with E-state index in [2.05, 4.69) is 16.0 Å². The molecule has 0 aliphatic rings. The van der Waals surface area contributed by atoms with Gasteiger partial charge in [0.05, 0.1) is 17.1 Å². The van der Waals surface area contributed by atoms with E-state index in [-0.39, 0.29) is 0 Å². The molecule has 1 aromatic carbocycles. The average molecular weight is 155 g/mol. The first-order chi connectivity index (χ1) is 5.90. The number of fused-ring (bicyclic) bond motifs is 1. The quantitative estimate of drug-likeness (QED) is 0.579. The van der Waals surface area contributed by atoms with Crippen LogP contribution >= 0.6 is 0 Å². The molecule has 0 aliphatic carbocycles. The molecule has 2 aromatic rings. The van der Waals surface area contributed by atoms with Crippen LogP contribution in [-0.2, 0) is 0 Å². The monoisotopic (exact) mass is 155 g/mol. The van der Waals surface area contributed by atoms with E-state index in [1.165, 1.54) is 6.33 Å². The summed E-state index contributed by atoms with van der Waals surface area (Å²) >= 11 is 0. The van der Waals surface area contributed by atoms with Gasteiger partial charge in [-0.25, -0.2) is 9.97 Å². The molecule has 0 amide bonds. The maximum atomic E-state index is 8.60. The summed E-state index contributed by atoms with van der Waals surface area (Å²) in [6.45, 7) is 0. The Morgan fingerprint density at radius 3 is 3.08 bits per heavy atom. The van der Waals surface area contributed by atoms with Crippen molar-refractivity contribution in [2.75, 3.05) is 0 Å². The van der Waals surface area contributed by atoms with Crippen molar-refractivity contribution in [3.63, 3.8) is 0 Å². The molecule has 0 atom stereocenters. The summed E-state index contributed by atoms with van der Waals surface area (Å²) in [7, 11) is 0. The topological polar surface area (TPSA) is 49.6 Å². The Bertz CT molecular complexity index is 457. The van der Waals surface area contributed by atoms with Crippen LogP contribution in [-0.4, -0.2) is 9.97 Å². The minimum absolute atomic E-state index is 0.626. The zero-order valence-electron chi connectivity index (χ0n) is 6.23. The van der Waals surface area contributed by atoms with Gasteiger partial charge in [0.1, 0.15) is 6.33 Å². The summed E-state index contributed by atoms with van der Waals surface area (Å²) in [5.74, 6) is 0. The number of nitriles is 1. The van der Waals surface area contributed by atoms with E-state index in [1.54, 1.807) is 18.3 Å². The lowest BCUT2D eigenvalue weighted by Gasteiger charge is -1.93. The van der Waals surface area contributed by atoms with Gasteiger partial charge in [0.15, 0.2) is 0 Å². The highest BCUT2D eigenvalue weighted by Crippen LogP contribution is 2.10. The molecule has 1 aromatic heterocycles. The Balaban J connectivity index is 2.78. The van der Waals surface area contributed by atoms with Gasteiger partial charge in [-0.1, -0.05) is 0 Å². The zero-order chi connectivity index (χ0) is 8.39. The SMILES string of the molecule is N#Cc1ccc2cncnc2c1. The number of aromatic nitrogens is 2. The first kappa shape index (κ1) is 6.74. The predicted molar refractivity (Wildman–Crippen MR) is 44.3 cm³/mol. The highest BCUT2D eigenvalue weighted by molar-refractivity contribution is 5.78. The molecule has 2 rings (SSSR count). The summed E-state index contributed by atoms with van der Waals surface area (Å²) in [6.07, 6.45) is 3.20. The van der Waals surface area contributed by atoms with Crippen molar-refractivity contribution < 1.29 is 0 Å². The van der Waals surface area contributed by atoms with Crippen LogP contribution in [0.1, 0.15) is 5.56 Å². The Morgan fingerprint density at radius 2 is 2.25 bits per heavy atom. The summed E-state index contributed by atoms with van der Waals surface area (Å²) in [6, 6.07) is 7.40. The van der Waals surface area contributed by atoms with Crippen LogP contribution in [0.15, 0.2) is 30.7 Å². The summed E-state index contributed by atoms with van der Waals surface area (Å²) < 4.78 is 0. The van der Waals surface area contributed by atoms with E-state index >= 15 is 0 Å². The van der Waals surface area contributed by atoms with E-state index in [0.717, 1.165) is 10.9 Å². The first-order valence-electron chi connectivity index (χ1n) is 3.50. The lowest BCUT2D eigenvalue weighted by atomic mass is 10.2. The predicted octanol–water partition coefficient (Wildman–Crippen LogP) is 1.50. The van der Waals surface area contributed by atoms with Crippen LogP contribution in [0.2, 0.25) is 0 Å². The molecule has 56 valence electrons. The van der Waals surface area contributed by atoms with E-state index < -0.39 is 0 Å². The van der Waals surface area contributed by atoms with Crippen LogP contribution in [0.4, 0.5) is 0 Å². The third kappa shape index (κ3) is 0.995. The third-order valence-electron chi connectivity index (χ3n) is 1.64.